The Labute approximate surface area is 133 Å². The Hall–Kier alpha value is -1.12. The highest BCUT2D eigenvalue weighted by molar-refractivity contribution is 7.15. The lowest BCUT2D eigenvalue weighted by Gasteiger charge is -2.14. The highest BCUT2D eigenvalue weighted by Gasteiger charge is 2.06. The number of unbranched alkanes of at least 4 members (excludes halogenated alkanes) is 1. The van der Waals surface area contributed by atoms with Crippen LogP contribution in [0.5, 0.6) is 0 Å². The number of hydrogen-bond donors (Lipinski definition) is 1. The third kappa shape index (κ3) is 5.29. The van der Waals surface area contributed by atoms with Gasteiger partial charge in [0.1, 0.15) is 0 Å². The summed E-state index contributed by atoms with van der Waals surface area (Å²) in [7, 11) is 0. The van der Waals surface area contributed by atoms with Gasteiger partial charge in [-0.1, -0.05) is 63.4 Å². The zero-order valence-corrected chi connectivity index (χ0v) is 14.1. The number of rotatable bonds is 9. The van der Waals surface area contributed by atoms with Gasteiger partial charge in [0.25, 0.3) is 0 Å². The maximum Gasteiger partial charge on any atom is 0.0346 e. The Morgan fingerprint density at radius 2 is 1.86 bits per heavy atom. The highest BCUT2D eigenvalue weighted by atomic mass is 32.1. The average molecular weight is 301 g/mol. The molecule has 0 amide bonds. The van der Waals surface area contributed by atoms with Crippen LogP contribution in [0.4, 0.5) is 0 Å². The third-order valence-electron chi connectivity index (χ3n) is 4.00. The van der Waals surface area contributed by atoms with Gasteiger partial charge in [-0.05, 0) is 36.6 Å². The summed E-state index contributed by atoms with van der Waals surface area (Å²) in [5.74, 6) is 0.832. The standard InChI is InChI=1S/C19H27NS/c1-3-5-9-16(4-2)14-20-15-18-12-13-19(21-18)17-10-7-6-8-11-17/h6-8,10-13,16,20H,3-5,9,14-15H2,1-2H3. The molecule has 1 heterocycles. The summed E-state index contributed by atoms with van der Waals surface area (Å²) in [4.78, 5) is 2.80. The topological polar surface area (TPSA) is 12.0 Å². The van der Waals surface area contributed by atoms with Gasteiger partial charge in [-0.3, -0.25) is 0 Å². The quantitative estimate of drug-likeness (QED) is 0.624. The van der Waals surface area contributed by atoms with E-state index in [1.54, 1.807) is 0 Å². The molecule has 0 fully saturated rings. The van der Waals surface area contributed by atoms with Crippen molar-refractivity contribution in [2.24, 2.45) is 5.92 Å². The summed E-state index contributed by atoms with van der Waals surface area (Å²) in [6, 6.07) is 15.1. The first-order valence-corrected chi connectivity index (χ1v) is 9.00. The van der Waals surface area contributed by atoms with E-state index in [4.69, 9.17) is 0 Å². The molecule has 0 aliphatic heterocycles. The Kier molecular flexibility index (Phi) is 6.98. The minimum atomic E-state index is 0.832. The SMILES string of the molecule is CCCCC(CC)CNCc1ccc(-c2ccccc2)s1. The summed E-state index contributed by atoms with van der Waals surface area (Å²) in [6.07, 6.45) is 5.31. The fourth-order valence-electron chi connectivity index (χ4n) is 2.57. The molecule has 0 saturated heterocycles. The first-order valence-electron chi connectivity index (χ1n) is 8.18. The predicted molar refractivity (Wildman–Crippen MR) is 94.8 cm³/mol. The number of thiophene rings is 1. The van der Waals surface area contributed by atoms with Crippen LogP contribution in [0.15, 0.2) is 42.5 Å². The second-order valence-electron chi connectivity index (χ2n) is 5.68. The van der Waals surface area contributed by atoms with Crippen molar-refractivity contribution in [3.8, 4) is 10.4 Å². The van der Waals surface area contributed by atoms with Gasteiger partial charge in [-0.15, -0.1) is 11.3 Å². The van der Waals surface area contributed by atoms with Crippen LogP contribution in [0.2, 0.25) is 0 Å². The Morgan fingerprint density at radius 1 is 1.05 bits per heavy atom. The smallest absolute Gasteiger partial charge is 0.0346 e. The van der Waals surface area contributed by atoms with E-state index in [0.29, 0.717) is 0 Å². The summed E-state index contributed by atoms with van der Waals surface area (Å²) in [5.41, 5.74) is 1.32. The van der Waals surface area contributed by atoms with Crippen LogP contribution >= 0.6 is 11.3 Å². The van der Waals surface area contributed by atoms with Crippen molar-refractivity contribution >= 4 is 11.3 Å². The van der Waals surface area contributed by atoms with Crippen LogP contribution in [0.1, 0.15) is 44.4 Å². The summed E-state index contributed by atoms with van der Waals surface area (Å²) in [6.45, 7) is 6.73. The van der Waals surface area contributed by atoms with Crippen LogP contribution in [0, 0.1) is 5.92 Å². The van der Waals surface area contributed by atoms with Gasteiger partial charge < -0.3 is 5.32 Å². The van der Waals surface area contributed by atoms with Gasteiger partial charge in [-0.2, -0.15) is 0 Å². The molecule has 2 heteroatoms. The minimum Gasteiger partial charge on any atom is -0.312 e. The van der Waals surface area contributed by atoms with Crippen LogP contribution in [0.25, 0.3) is 10.4 Å². The number of benzene rings is 1. The van der Waals surface area contributed by atoms with Crippen molar-refractivity contribution in [2.75, 3.05) is 6.54 Å². The molecule has 21 heavy (non-hydrogen) atoms. The van der Waals surface area contributed by atoms with Gasteiger partial charge in [0.2, 0.25) is 0 Å². The molecule has 1 aromatic carbocycles. The van der Waals surface area contributed by atoms with Gasteiger partial charge in [0.15, 0.2) is 0 Å². The lowest BCUT2D eigenvalue weighted by atomic mass is 9.99. The molecule has 0 aliphatic carbocycles. The van der Waals surface area contributed by atoms with Gasteiger partial charge in [0, 0.05) is 16.3 Å². The van der Waals surface area contributed by atoms with Crippen LogP contribution in [0.3, 0.4) is 0 Å². The second kappa shape index (κ2) is 9.01. The van der Waals surface area contributed by atoms with Crippen LogP contribution in [-0.4, -0.2) is 6.54 Å². The van der Waals surface area contributed by atoms with Crippen molar-refractivity contribution in [3.63, 3.8) is 0 Å². The van der Waals surface area contributed by atoms with Gasteiger partial charge >= 0.3 is 0 Å². The summed E-state index contributed by atoms with van der Waals surface area (Å²) >= 11 is 1.90. The Balaban J connectivity index is 1.80. The first kappa shape index (κ1) is 16.3. The molecule has 0 aliphatic rings. The second-order valence-corrected chi connectivity index (χ2v) is 6.85. The number of hydrogen-bond acceptors (Lipinski definition) is 2. The fraction of sp³-hybridized carbons (Fsp3) is 0.474. The predicted octanol–water partition coefficient (Wildman–Crippen LogP) is 5.72. The monoisotopic (exact) mass is 301 g/mol. The average Bonchev–Trinajstić information content (AvgIpc) is 3.00. The van der Waals surface area contributed by atoms with E-state index in [0.717, 1.165) is 19.0 Å². The minimum absolute atomic E-state index is 0.832. The molecular formula is C19H27NS. The molecule has 2 aromatic rings. The van der Waals surface area contributed by atoms with Crippen molar-refractivity contribution in [3.05, 3.63) is 47.3 Å². The molecule has 0 saturated carbocycles. The van der Waals surface area contributed by atoms with Crippen LogP contribution < -0.4 is 5.32 Å². The Morgan fingerprint density at radius 3 is 2.57 bits per heavy atom. The summed E-state index contributed by atoms with van der Waals surface area (Å²) in [5, 5.41) is 3.64. The van der Waals surface area contributed by atoms with E-state index in [2.05, 4.69) is 61.6 Å². The van der Waals surface area contributed by atoms with Gasteiger partial charge in [-0.25, -0.2) is 0 Å². The number of nitrogens with one attached hydrogen (secondary N) is 1. The zero-order valence-electron chi connectivity index (χ0n) is 13.3. The molecule has 1 unspecified atom stereocenters. The highest BCUT2D eigenvalue weighted by Crippen LogP contribution is 2.27. The lowest BCUT2D eigenvalue weighted by Crippen LogP contribution is -2.21. The van der Waals surface area contributed by atoms with E-state index in [1.807, 2.05) is 11.3 Å². The maximum atomic E-state index is 3.64. The van der Waals surface area contributed by atoms with Gasteiger partial charge in [0.05, 0.1) is 0 Å². The van der Waals surface area contributed by atoms with Crippen molar-refractivity contribution in [2.45, 2.75) is 46.1 Å². The van der Waals surface area contributed by atoms with E-state index in [1.165, 1.54) is 41.0 Å². The van der Waals surface area contributed by atoms with Crippen LogP contribution in [-0.2, 0) is 6.54 Å². The summed E-state index contributed by atoms with van der Waals surface area (Å²) < 4.78 is 0. The third-order valence-corrected chi connectivity index (χ3v) is 5.13. The Bertz CT molecular complexity index is 503. The molecule has 1 nitrogen and oxygen atoms in total. The van der Waals surface area contributed by atoms with Crippen molar-refractivity contribution < 1.29 is 0 Å². The molecule has 1 N–H and O–H groups in total. The maximum absolute atomic E-state index is 3.64. The zero-order chi connectivity index (χ0) is 14.9. The molecule has 0 radical (unpaired) electrons. The molecular weight excluding hydrogens is 274 g/mol. The fourth-order valence-corrected chi connectivity index (χ4v) is 3.56. The molecule has 0 spiro atoms. The largest absolute Gasteiger partial charge is 0.312 e. The van der Waals surface area contributed by atoms with E-state index < -0.39 is 0 Å². The van der Waals surface area contributed by atoms with Crippen molar-refractivity contribution in [1.29, 1.82) is 0 Å². The van der Waals surface area contributed by atoms with E-state index in [9.17, 15) is 0 Å². The molecule has 1 atom stereocenters. The van der Waals surface area contributed by atoms with Crippen molar-refractivity contribution in [1.82, 2.24) is 5.32 Å². The normalized spacial score (nSPS) is 12.5. The lowest BCUT2D eigenvalue weighted by molar-refractivity contribution is 0.420. The molecule has 0 bridgehead atoms. The van der Waals surface area contributed by atoms with E-state index in [-0.39, 0.29) is 0 Å². The molecule has 114 valence electrons. The molecule has 1 aromatic heterocycles. The first-order chi connectivity index (χ1) is 10.3. The van der Waals surface area contributed by atoms with E-state index >= 15 is 0 Å². The molecule has 2 rings (SSSR count).